The summed E-state index contributed by atoms with van der Waals surface area (Å²) >= 11 is 2.03. The molecule has 0 amide bonds. The standard InChI is InChI=1S/C54H88N2.2C13H27.Ni/c1-9-17-21-25-26-30-38-52-51(37-29-24-20-12-4)53(47-39-43(31-13-5)49(35-27-22-18-10-2)44(40-47)32-14-6)56(55)54(52)48-41-45(33-15-7)50(36-28-23-19-11-3)46(42-48)34-16-8;2*1-3-5-7-9-11-13-12-10-8-6-4-2;/h39-42H,9-38H2,1-8H3;2*1,3-13H2,2H3;. The van der Waals surface area contributed by atoms with Crippen molar-refractivity contribution in [1.82, 2.24) is 0 Å². The molecule has 3 rings (SSSR count). The molecule has 0 aliphatic carbocycles. The van der Waals surface area contributed by atoms with E-state index in [1.165, 1.54) is 325 Å². The molecule has 0 aromatic heterocycles. The van der Waals surface area contributed by atoms with Gasteiger partial charge in [-0.15, -0.1) is 0 Å². The van der Waals surface area contributed by atoms with Crippen LogP contribution in [-0.2, 0) is 53.0 Å². The first-order valence-corrected chi connectivity index (χ1v) is 39.0. The first-order valence-electron chi connectivity index (χ1n) is 37.6. The van der Waals surface area contributed by atoms with Crippen molar-refractivity contribution < 1.29 is 19.1 Å². The molecule has 1 aliphatic heterocycles. The first kappa shape index (κ1) is 77.1. The van der Waals surface area contributed by atoms with E-state index in [1.54, 1.807) is 15.8 Å². The fraction of sp³-hybridized carbons (Fsp3) is 0.800. The maximum absolute atomic E-state index is 12.9. The zero-order valence-corrected chi connectivity index (χ0v) is 58.7. The normalized spacial score (nSPS) is 12.7. The number of rotatable bonds is 56. The van der Waals surface area contributed by atoms with Crippen LogP contribution < -0.4 is 0 Å². The van der Waals surface area contributed by atoms with Gasteiger partial charge in [0.1, 0.15) is 0 Å². The van der Waals surface area contributed by atoms with Gasteiger partial charge in [0, 0.05) is 22.3 Å². The predicted molar refractivity (Wildman–Crippen MR) is 371 cm³/mol. The number of hydrogen-bond donors (Lipinski definition) is 0. The molecule has 0 saturated carbocycles. The molecule has 0 atom stereocenters. The topological polar surface area (TPSA) is 25.3 Å². The van der Waals surface area contributed by atoms with Gasteiger partial charge in [-0.05, 0) is 135 Å². The van der Waals surface area contributed by atoms with Crippen molar-refractivity contribution in [2.45, 2.75) is 414 Å². The molecule has 3 heteroatoms. The van der Waals surface area contributed by atoms with Crippen molar-refractivity contribution >= 4 is 11.4 Å². The minimum atomic E-state index is 1.05. The minimum absolute atomic E-state index is 1.05. The summed E-state index contributed by atoms with van der Waals surface area (Å²) < 4.78 is 1.73. The van der Waals surface area contributed by atoms with E-state index in [-0.39, 0.29) is 0 Å². The van der Waals surface area contributed by atoms with Gasteiger partial charge in [-0.2, -0.15) is 0 Å². The molecule has 0 radical (unpaired) electrons. The van der Waals surface area contributed by atoms with Crippen molar-refractivity contribution in [3.05, 3.63) is 85.5 Å². The van der Waals surface area contributed by atoms with E-state index in [1.807, 2.05) is 14.4 Å². The second kappa shape index (κ2) is 54.2. The molecule has 2 nitrogen and oxygen atoms in total. The monoisotopic (exact) mass is 1190 g/mol. The van der Waals surface area contributed by atoms with Gasteiger partial charge in [-0.1, -0.05) is 185 Å². The van der Waals surface area contributed by atoms with E-state index in [0.717, 1.165) is 75.6 Å². The van der Waals surface area contributed by atoms with E-state index in [9.17, 15) is 5.53 Å². The number of hydrogen-bond acceptors (Lipinski definition) is 0. The molecule has 1 heterocycles. The Labute approximate surface area is 526 Å². The van der Waals surface area contributed by atoms with Crippen LogP contribution in [0.25, 0.3) is 16.9 Å². The summed E-state index contributed by atoms with van der Waals surface area (Å²) in [6, 6.07) is 10.1. The van der Waals surface area contributed by atoms with E-state index in [0.29, 0.717) is 0 Å². The maximum atomic E-state index is 12.9. The van der Waals surface area contributed by atoms with Gasteiger partial charge in [-0.3, -0.25) is 0 Å². The van der Waals surface area contributed by atoms with Crippen LogP contribution >= 0.6 is 0 Å². The van der Waals surface area contributed by atoms with Crippen LogP contribution in [0, 0.1) is 0 Å². The third-order valence-electron chi connectivity index (χ3n) is 18.1. The van der Waals surface area contributed by atoms with Crippen LogP contribution in [0.2, 0.25) is 10.8 Å². The van der Waals surface area contributed by atoms with Gasteiger partial charge in [-0.25, -0.2) is 4.70 Å². The summed E-state index contributed by atoms with van der Waals surface area (Å²) in [5, 5.41) is 2.86. The minimum Gasteiger partial charge on any atom is -0.0654 e. The molecule has 482 valence electrons. The molecule has 2 aromatic carbocycles. The summed E-state index contributed by atoms with van der Waals surface area (Å²) in [5.41, 5.74) is 29.9. The number of benzene rings is 2. The second-order valence-corrected chi connectivity index (χ2v) is 27.5. The number of unbranched alkanes of at least 4 members (excludes halogenated alkanes) is 34. The van der Waals surface area contributed by atoms with E-state index in [4.69, 9.17) is 0 Å². The van der Waals surface area contributed by atoms with Crippen molar-refractivity contribution in [3.8, 4) is 0 Å². The molecule has 2 aromatic rings. The summed E-state index contributed by atoms with van der Waals surface area (Å²) in [5.74, 6) is 0. The van der Waals surface area contributed by atoms with Crippen LogP contribution in [0.1, 0.15) is 409 Å². The zero-order chi connectivity index (χ0) is 60.2. The Bertz CT molecular complexity index is 1850. The molecule has 0 N–H and O–H groups in total. The fourth-order valence-corrected chi connectivity index (χ4v) is 14.5. The number of nitrogens with zero attached hydrogens (tertiary/aromatic N) is 2. The van der Waals surface area contributed by atoms with Gasteiger partial charge in [0.05, 0.1) is 0 Å². The fourth-order valence-electron chi connectivity index (χ4n) is 13.3. The first-order chi connectivity index (χ1) is 40.8. The van der Waals surface area contributed by atoms with Crippen LogP contribution in [0.4, 0.5) is 0 Å². The van der Waals surface area contributed by atoms with Crippen molar-refractivity contribution in [2.24, 2.45) is 0 Å². The SMILES string of the molecule is CCCCCCCCC1=C(c2cc(CCC)c(CCCCCC)c(CCC)c2)[N+](=[N-])C(c2cc(CCC)c(CCCCCC)c(CCC)c2)=C1CCCCCC.CCCCCCCCCCCC[CH2][Ni][CH2]CCCCCCCCCCCC. The molecule has 0 spiro atoms. The third-order valence-corrected chi connectivity index (χ3v) is 19.5. The molecule has 1 aliphatic rings. The smallest absolute Gasteiger partial charge is 0.0654 e. The van der Waals surface area contributed by atoms with Crippen molar-refractivity contribution in [3.63, 3.8) is 0 Å². The molecule has 83 heavy (non-hydrogen) atoms. The Balaban J connectivity index is 0.000000731. The Hall–Kier alpha value is -1.99. The van der Waals surface area contributed by atoms with Gasteiger partial charge in [0.2, 0.25) is 11.4 Å². The van der Waals surface area contributed by atoms with Crippen molar-refractivity contribution in [2.75, 3.05) is 0 Å². The van der Waals surface area contributed by atoms with Gasteiger partial charge in [0.25, 0.3) is 0 Å². The van der Waals surface area contributed by atoms with Crippen LogP contribution in [0.5, 0.6) is 0 Å². The quantitative estimate of drug-likeness (QED) is 0.0358. The van der Waals surface area contributed by atoms with Gasteiger partial charge < -0.3 is 5.53 Å². The average molecular weight is 1190 g/mol. The van der Waals surface area contributed by atoms with Gasteiger partial charge >= 0.3 is 166 Å². The number of aryl methyl sites for hydroxylation is 4. The molecular formula is C80H142N2Ni. The van der Waals surface area contributed by atoms with E-state index >= 15 is 0 Å². The molecule has 0 fully saturated rings. The average Bonchev–Trinajstić information content (AvgIpc) is 3.01. The van der Waals surface area contributed by atoms with Crippen LogP contribution in [0.3, 0.4) is 0 Å². The Morgan fingerprint density at radius 3 is 0.723 bits per heavy atom. The second-order valence-electron chi connectivity index (χ2n) is 26.0. The molecule has 0 bridgehead atoms. The molecule has 0 saturated heterocycles. The summed E-state index contributed by atoms with van der Waals surface area (Å²) in [6.07, 6.45) is 68.9. The zero-order valence-electron chi connectivity index (χ0n) is 57.7. The number of allylic oxidation sites excluding steroid dienone is 2. The summed E-state index contributed by atoms with van der Waals surface area (Å²) in [4.78, 5) is 0. The Morgan fingerprint density at radius 1 is 0.253 bits per heavy atom. The summed E-state index contributed by atoms with van der Waals surface area (Å²) in [7, 11) is 0. The third kappa shape index (κ3) is 33.8. The van der Waals surface area contributed by atoms with E-state index < -0.39 is 0 Å². The Morgan fingerprint density at radius 2 is 0.470 bits per heavy atom. The van der Waals surface area contributed by atoms with E-state index in [2.05, 4.69) is 93.5 Å². The molecular weight excluding hydrogens is 1050 g/mol. The van der Waals surface area contributed by atoms with Crippen LogP contribution in [0.15, 0.2) is 35.4 Å². The Kier molecular flexibility index (Phi) is 50.3. The van der Waals surface area contributed by atoms with Crippen LogP contribution in [-0.4, -0.2) is 4.70 Å². The van der Waals surface area contributed by atoms with Crippen molar-refractivity contribution in [1.29, 1.82) is 0 Å². The predicted octanol–water partition coefficient (Wildman–Crippen LogP) is 28.2. The van der Waals surface area contributed by atoms with Gasteiger partial charge in [0.15, 0.2) is 0 Å². The summed E-state index contributed by atoms with van der Waals surface area (Å²) in [6.45, 7) is 23.2. The molecule has 0 unspecified atom stereocenters.